The Morgan fingerprint density at radius 2 is 1.92 bits per heavy atom. The van der Waals surface area contributed by atoms with Gasteiger partial charge in [-0.25, -0.2) is 0 Å². The van der Waals surface area contributed by atoms with Crippen molar-refractivity contribution in [3.05, 3.63) is 48.0 Å². The molecule has 0 fully saturated rings. The van der Waals surface area contributed by atoms with E-state index in [0.717, 1.165) is 17.9 Å². The summed E-state index contributed by atoms with van der Waals surface area (Å²) in [6.07, 6.45) is 0. The molecule has 0 aromatic heterocycles. The van der Waals surface area contributed by atoms with E-state index in [0.29, 0.717) is 23.6 Å². The Hall–Kier alpha value is -2.69. The lowest BCUT2D eigenvalue weighted by Crippen LogP contribution is -2.50. The third-order valence-corrected chi connectivity index (χ3v) is 4.35. The summed E-state index contributed by atoms with van der Waals surface area (Å²) in [5, 5.41) is 3.52. The fraction of sp³-hybridized carbons (Fsp3) is 0.350. The summed E-state index contributed by atoms with van der Waals surface area (Å²) in [5.74, 6) is 1.22. The second kappa shape index (κ2) is 6.67. The highest BCUT2D eigenvalue weighted by molar-refractivity contribution is 6.02. The number of carbonyl (C=O) groups is 1. The lowest BCUT2D eigenvalue weighted by molar-refractivity contribution is 0.0995. The number of hydrogen-bond donors (Lipinski definition) is 1. The van der Waals surface area contributed by atoms with Gasteiger partial charge in [0.1, 0.15) is 11.5 Å². The Bertz CT molecular complexity index is 786. The topological polar surface area (TPSA) is 50.8 Å². The van der Waals surface area contributed by atoms with Crippen molar-refractivity contribution in [3.8, 4) is 11.5 Å². The standard InChI is InChI=1S/C20H24N2O3/c1-20(2)13-22(17-8-6-5-7-16(17)21-20)12-18(23)15-10-9-14(24-3)11-19(15)25-4/h5-11,21H,12-13H2,1-4H3. The van der Waals surface area contributed by atoms with E-state index in [-0.39, 0.29) is 11.3 Å². The number of nitrogens with one attached hydrogen (secondary N) is 1. The molecule has 1 N–H and O–H groups in total. The summed E-state index contributed by atoms with van der Waals surface area (Å²) in [5.41, 5.74) is 2.55. The maximum Gasteiger partial charge on any atom is 0.185 e. The molecule has 0 unspecified atom stereocenters. The second-order valence-corrected chi connectivity index (χ2v) is 6.87. The van der Waals surface area contributed by atoms with Crippen LogP contribution in [0.5, 0.6) is 11.5 Å². The first-order chi connectivity index (χ1) is 11.9. The van der Waals surface area contributed by atoms with Crippen molar-refractivity contribution >= 4 is 17.2 Å². The summed E-state index contributed by atoms with van der Waals surface area (Å²) in [6.45, 7) is 5.31. The molecule has 1 heterocycles. The monoisotopic (exact) mass is 340 g/mol. The Kier molecular flexibility index (Phi) is 4.57. The van der Waals surface area contributed by atoms with Gasteiger partial charge < -0.3 is 19.7 Å². The molecule has 0 atom stereocenters. The highest BCUT2D eigenvalue weighted by Gasteiger charge is 2.30. The summed E-state index contributed by atoms with van der Waals surface area (Å²) in [7, 11) is 3.16. The molecule has 25 heavy (non-hydrogen) atoms. The van der Waals surface area contributed by atoms with Crippen molar-refractivity contribution < 1.29 is 14.3 Å². The van der Waals surface area contributed by atoms with Gasteiger partial charge in [-0.2, -0.15) is 0 Å². The molecule has 0 radical (unpaired) electrons. The highest BCUT2D eigenvalue weighted by atomic mass is 16.5. The van der Waals surface area contributed by atoms with Crippen molar-refractivity contribution in [2.75, 3.05) is 37.5 Å². The van der Waals surface area contributed by atoms with Crippen LogP contribution in [-0.2, 0) is 0 Å². The maximum atomic E-state index is 12.9. The predicted octanol–water partition coefficient (Wildman–Crippen LogP) is 3.60. The quantitative estimate of drug-likeness (QED) is 0.843. The van der Waals surface area contributed by atoms with E-state index >= 15 is 0 Å². The molecule has 5 heteroatoms. The second-order valence-electron chi connectivity index (χ2n) is 6.87. The minimum atomic E-state index is -0.112. The number of carbonyl (C=O) groups excluding carboxylic acids is 1. The van der Waals surface area contributed by atoms with Crippen LogP contribution in [0.4, 0.5) is 11.4 Å². The third kappa shape index (κ3) is 3.55. The third-order valence-electron chi connectivity index (χ3n) is 4.35. The van der Waals surface area contributed by atoms with Gasteiger partial charge in [-0.3, -0.25) is 4.79 Å². The zero-order chi connectivity index (χ0) is 18.0. The number of nitrogens with zero attached hydrogens (tertiary/aromatic N) is 1. The van der Waals surface area contributed by atoms with Crippen LogP contribution in [0.3, 0.4) is 0 Å². The molecule has 0 spiro atoms. The Labute approximate surface area is 148 Å². The van der Waals surface area contributed by atoms with E-state index in [1.807, 2.05) is 24.3 Å². The molecule has 0 aliphatic carbocycles. The molecular formula is C20H24N2O3. The largest absolute Gasteiger partial charge is 0.497 e. The molecule has 1 aliphatic heterocycles. The van der Waals surface area contributed by atoms with Crippen LogP contribution in [0.15, 0.2) is 42.5 Å². The van der Waals surface area contributed by atoms with Crippen LogP contribution >= 0.6 is 0 Å². The Morgan fingerprint density at radius 1 is 1.16 bits per heavy atom. The van der Waals surface area contributed by atoms with Crippen LogP contribution in [-0.4, -0.2) is 38.6 Å². The SMILES string of the molecule is COc1ccc(C(=O)CN2CC(C)(C)Nc3ccccc32)c(OC)c1. The molecule has 132 valence electrons. The zero-order valence-electron chi connectivity index (χ0n) is 15.1. The Morgan fingerprint density at radius 3 is 2.64 bits per heavy atom. The molecule has 0 bridgehead atoms. The summed E-state index contributed by atoms with van der Waals surface area (Å²) < 4.78 is 10.6. The fourth-order valence-electron chi connectivity index (χ4n) is 3.25. The maximum absolute atomic E-state index is 12.9. The van der Waals surface area contributed by atoms with E-state index < -0.39 is 0 Å². The summed E-state index contributed by atoms with van der Waals surface area (Å²) in [6, 6.07) is 13.4. The molecule has 1 aliphatic rings. The van der Waals surface area contributed by atoms with Crippen molar-refractivity contribution in [1.29, 1.82) is 0 Å². The molecule has 0 amide bonds. The number of anilines is 2. The van der Waals surface area contributed by atoms with E-state index in [4.69, 9.17) is 9.47 Å². The predicted molar refractivity (Wildman–Crippen MR) is 100 cm³/mol. The van der Waals surface area contributed by atoms with Gasteiger partial charge >= 0.3 is 0 Å². The van der Waals surface area contributed by atoms with Crippen molar-refractivity contribution in [2.24, 2.45) is 0 Å². The van der Waals surface area contributed by atoms with Crippen LogP contribution in [0, 0.1) is 0 Å². The van der Waals surface area contributed by atoms with Crippen LogP contribution in [0.2, 0.25) is 0 Å². The van der Waals surface area contributed by atoms with Crippen molar-refractivity contribution in [3.63, 3.8) is 0 Å². The van der Waals surface area contributed by atoms with Crippen LogP contribution in [0.25, 0.3) is 0 Å². The van der Waals surface area contributed by atoms with Crippen molar-refractivity contribution in [1.82, 2.24) is 0 Å². The van der Waals surface area contributed by atoms with Gasteiger partial charge in [0.15, 0.2) is 5.78 Å². The lowest BCUT2D eigenvalue weighted by Gasteiger charge is -2.41. The number of rotatable bonds is 5. The molecule has 3 rings (SSSR count). The minimum absolute atomic E-state index is 0.0204. The Balaban J connectivity index is 1.88. The fourth-order valence-corrected chi connectivity index (χ4v) is 3.25. The number of methoxy groups -OCH3 is 2. The van der Waals surface area contributed by atoms with Gasteiger partial charge in [0, 0.05) is 18.2 Å². The number of benzene rings is 2. The zero-order valence-corrected chi connectivity index (χ0v) is 15.1. The van der Waals surface area contributed by atoms with Gasteiger partial charge in [0.05, 0.1) is 37.7 Å². The van der Waals surface area contributed by atoms with Gasteiger partial charge in [0.25, 0.3) is 0 Å². The van der Waals surface area contributed by atoms with E-state index in [9.17, 15) is 4.79 Å². The van der Waals surface area contributed by atoms with Gasteiger partial charge in [-0.15, -0.1) is 0 Å². The normalized spacial score (nSPS) is 15.1. The number of Topliss-reactive ketones (excluding diaryl/α,β-unsaturated/α-hetero) is 1. The van der Waals surface area contributed by atoms with Crippen LogP contribution < -0.4 is 19.7 Å². The minimum Gasteiger partial charge on any atom is -0.497 e. The molecule has 5 nitrogen and oxygen atoms in total. The molecular weight excluding hydrogens is 316 g/mol. The number of ketones is 1. The van der Waals surface area contributed by atoms with Gasteiger partial charge in [-0.1, -0.05) is 12.1 Å². The smallest absolute Gasteiger partial charge is 0.185 e. The van der Waals surface area contributed by atoms with Crippen molar-refractivity contribution in [2.45, 2.75) is 19.4 Å². The molecule has 2 aromatic rings. The number of fused-ring (bicyclic) bond motifs is 1. The van der Waals surface area contributed by atoms with E-state index in [2.05, 4.69) is 24.1 Å². The van der Waals surface area contributed by atoms with Gasteiger partial charge in [-0.05, 0) is 38.1 Å². The summed E-state index contributed by atoms with van der Waals surface area (Å²) >= 11 is 0. The molecule has 2 aromatic carbocycles. The number of ether oxygens (including phenoxy) is 2. The highest BCUT2D eigenvalue weighted by Crippen LogP contribution is 2.34. The van der Waals surface area contributed by atoms with Gasteiger partial charge in [0.2, 0.25) is 0 Å². The average Bonchev–Trinajstić information content (AvgIpc) is 2.60. The first-order valence-corrected chi connectivity index (χ1v) is 8.31. The molecule has 0 saturated carbocycles. The first kappa shape index (κ1) is 17.1. The van der Waals surface area contributed by atoms with E-state index in [1.54, 1.807) is 32.4 Å². The van der Waals surface area contributed by atoms with E-state index in [1.165, 1.54) is 0 Å². The number of hydrogen-bond acceptors (Lipinski definition) is 5. The lowest BCUT2D eigenvalue weighted by atomic mass is 9.98. The number of para-hydroxylation sites is 2. The summed E-state index contributed by atoms with van der Waals surface area (Å²) in [4.78, 5) is 15.1. The average molecular weight is 340 g/mol. The first-order valence-electron chi connectivity index (χ1n) is 8.31. The van der Waals surface area contributed by atoms with Crippen LogP contribution in [0.1, 0.15) is 24.2 Å². The molecule has 0 saturated heterocycles.